The van der Waals surface area contributed by atoms with Gasteiger partial charge in [-0.05, 0) is 42.8 Å². The Morgan fingerprint density at radius 2 is 1.87 bits per heavy atom. The molecular formula is C29H36F2N8. The lowest BCUT2D eigenvalue weighted by molar-refractivity contribution is 0.201. The highest BCUT2D eigenvalue weighted by Crippen LogP contribution is 2.32. The number of rotatable bonds is 9. The van der Waals surface area contributed by atoms with Gasteiger partial charge in [-0.2, -0.15) is 5.10 Å². The van der Waals surface area contributed by atoms with Crippen molar-refractivity contribution in [3.63, 3.8) is 0 Å². The van der Waals surface area contributed by atoms with Crippen molar-refractivity contribution in [3.05, 3.63) is 59.0 Å². The van der Waals surface area contributed by atoms with Crippen molar-refractivity contribution in [1.82, 2.24) is 34.5 Å². The molecule has 4 heterocycles. The standard InChI is InChI=1S/C29H36F2N8/c1-6-38(7-2)12-13-39-11-10-24-19(17-39)8-9-25(33-24)34-29-32-16-23(31)26(35-29)20-14-21-27(22(30)15-20)36-37(5)28(21)18(3)4/h8-9,14-16,18H,6-7,10-13,17H2,1-5H3,(H,32,33,34,35). The Labute approximate surface area is 228 Å². The Balaban J connectivity index is 1.36. The van der Waals surface area contributed by atoms with Crippen LogP contribution in [0.1, 0.15) is 50.6 Å². The predicted molar refractivity (Wildman–Crippen MR) is 150 cm³/mol. The molecule has 0 bridgehead atoms. The Morgan fingerprint density at radius 1 is 1.08 bits per heavy atom. The van der Waals surface area contributed by atoms with Crippen LogP contribution >= 0.6 is 0 Å². The van der Waals surface area contributed by atoms with Crippen LogP contribution < -0.4 is 5.32 Å². The molecule has 0 unspecified atom stereocenters. The normalized spacial score (nSPS) is 14.0. The molecule has 0 saturated heterocycles. The third-order valence-corrected chi connectivity index (χ3v) is 7.50. The predicted octanol–water partition coefficient (Wildman–Crippen LogP) is 5.27. The highest BCUT2D eigenvalue weighted by atomic mass is 19.1. The number of anilines is 2. The van der Waals surface area contributed by atoms with Crippen molar-refractivity contribution in [2.24, 2.45) is 7.05 Å². The van der Waals surface area contributed by atoms with Crippen molar-refractivity contribution in [1.29, 1.82) is 0 Å². The van der Waals surface area contributed by atoms with Crippen molar-refractivity contribution in [2.75, 3.05) is 38.0 Å². The van der Waals surface area contributed by atoms with E-state index >= 15 is 4.39 Å². The molecule has 1 aromatic carbocycles. The summed E-state index contributed by atoms with van der Waals surface area (Å²) in [5.74, 6) is -0.227. The molecule has 0 aliphatic carbocycles. The topological polar surface area (TPSA) is 75.0 Å². The zero-order chi connectivity index (χ0) is 27.7. The zero-order valence-corrected chi connectivity index (χ0v) is 23.3. The fraction of sp³-hybridized carbons (Fsp3) is 0.448. The van der Waals surface area contributed by atoms with Gasteiger partial charge in [-0.15, -0.1) is 0 Å². The van der Waals surface area contributed by atoms with Crippen molar-refractivity contribution in [2.45, 2.75) is 46.6 Å². The van der Waals surface area contributed by atoms with E-state index in [-0.39, 0.29) is 23.1 Å². The molecule has 0 amide bonds. The highest BCUT2D eigenvalue weighted by Gasteiger charge is 2.21. The fourth-order valence-corrected chi connectivity index (χ4v) is 5.40. The minimum Gasteiger partial charge on any atom is -0.309 e. The zero-order valence-electron chi connectivity index (χ0n) is 23.3. The second-order valence-corrected chi connectivity index (χ2v) is 10.4. The molecule has 0 atom stereocenters. The minimum absolute atomic E-state index is 0.0219. The quantitative estimate of drug-likeness (QED) is 0.314. The lowest BCUT2D eigenvalue weighted by atomic mass is 10.0. The molecule has 0 spiro atoms. The molecule has 0 saturated carbocycles. The Bertz CT molecular complexity index is 1480. The molecule has 8 nitrogen and oxygen atoms in total. The maximum absolute atomic E-state index is 15.0. The minimum atomic E-state index is -0.627. The number of fused-ring (bicyclic) bond motifs is 2. The molecule has 3 aromatic heterocycles. The molecule has 5 rings (SSSR count). The van der Waals surface area contributed by atoms with E-state index in [2.05, 4.69) is 50.1 Å². The first-order valence-electron chi connectivity index (χ1n) is 13.7. The lowest BCUT2D eigenvalue weighted by Crippen LogP contribution is -2.38. The van der Waals surface area contributed by atoms with Crippen molar-refractivity contribution < 1.29 is 8.78 Å². The van der Waals surface area contributed by atoms with Crippen LogP contribution in [0.4, 0.5) is 20.5 Å². The summed E-state index contributed by atoms with van der Waals surface area (Å²) < 4.78 is 31.6. The highest BCUT2D eigenvalue weighted by molar-refractivity contribution is 5.87. The van der Waals surface area contributed by atoms with Crippen LogP contribution in [-0.4, -0.2) is 67.3 Å². The summed E-state index contributed by atoms with van der Waals surface area (Å²) in [6.45, 7) is 14.5. The van der Waals surface area contributed by atoms with Gasteiger partial charge in [-0.3, -0.25) is 9.58 Å². The summed E-state index contributed by atoms with van der Waals surface area (Å²) >= 11 is 0. The number of hydrogen-bond acceptors (Lipinski definition) is 7. The molecule has 1 N–H and O–H groups in total. The first-order valence-corrected chi connectivity index (χ1v) is 13.7. The third kappa shape index (κ3) is 5.62. The van der Waals surface area contributed by atoms with E-state index < -0.39 is 11.6 Å². The summed E-state index contributed by atoms with van der Waals surface area (Å²) in [6, 6.07) is 7.00. The van der Waals surface area contributed by atoms with Crippen LogP contribution in [0.5, 0.6) is 0 Å². The average Bonchev–Trinajstić information content (AvgIpc) is 3.27. The van der Waals surface area contributed by atoms with Crippen LogP contribution in [0.25, 0.3) is 22.2 Å². The van der Waals surface area contributed by atoms with E-state index in [0.29, 0.717) is 16.8 Å². The number of aryl methyl sites for hydroxylation is 1. The largest absolute Gasteiger partial charge is 0.309 e. The fourth-order valence-electron chi connectivity index (χ4n) is 5.40. The summed E-state index contributed by atoms with van der Waals surface area (Å²) in [6.07, 6.45) is 1.97. The van der Waals surface area contributed by atoms with Crippen LogP contribution in [0, 0.1) is 11.6 Å². The smallest absolute Gasteiger partial charge is 0.229 e. The van der Waals surface area contributed by atoms with Gasteiger partial charge >= 0.3 is 0 Å². The second-order valence-electron chi connectivity index (χ2n) is 10.4. The van der Waals surface area contributed by atoms with E-state index in [0.717, 1.165) is 63.3 Å². The van der Waals surface area contributed by atoms with Crippen molar-refractivity contribution in [3.8, 4) is 11.3 Å². The maximum Gasteiger partial charge on any atom is 0.229 e. The molecule has 0 radical (unpaired) electrons. The Kier molecular flexibility index (Phi) is 7.86. The summed E-state index contributed by atoms with van der Waals surface area (Å²) in [4.78, 5) is 18.2. The third-order valence-electron chi connectivity index (χ3n) is 7.50. The second kappa shape index (κ2) is 11.3. The maximum atomic E-state index is 15.0. The van der Waals surface area contributed by atoms with Crippen molar-refractivity contribution >= 4 is 22.7 Å². The summed E-state index contributed by atoms with van der Waals surface area (Å²) in [5.41, 5.74) is 3.76. The van der Waals surface area contributed by atoms with Crippen LogP contribution in [0.3, 0.4) is 0 Å². The number of pyridine rings is 1. The number of aromatic nitrogens is 5. The molecule has 1 aliphatic heterocycles. The summed E-state index contributed by atoms with van der Waals surface area (Å²) in [7, 11) is 1.79. The van der Waals surface area contributed by atoms with Gasteiger partial charge in [0.15, 0.2) is 11.6 Å². The van der Waals surface area contributed by atoms with Gasteiger partial charge in [0.2, 0.25) is 5.95 Å². The Morgan fingerprint density at radius 3 is 2.62 bits per heavy atom. The molecule has 0 fully saturated rings. The van der Waals surface area contributed by atoms with Crippen LogP contribution in [0.2, 0.25) is 0 Å². The van der Waals surface area contributed by atoms with E-state index in [4.69, 9.17) is 4.98 Å². The SMILES string of the molecule is CCN(CC)CCN1CCc2nc(Nc3ncc(F)c(-c4cc(F)c5nn(C)c(C(C)C)c5c4)n3)ccc2C1. The van der Waals surface area contributed by atoms with E-state index in [1.54, 1.807) is 17.8 Å². The molecule has 206 valence electrons. The van der Waals surface area contributed by atoms with Gasteiger partial charge in [0.05, 0.1) is 6.20 Å². The molecule has 39 heavy (non-hydrogen) atoms. The van der Waals surface area contributed by atoms with E-state index in [1.807, 2.05) is 19.9 Å². The number of likely N-dealkylation sites (N-methyl/N-ethyl adjacent to an activating group) is 1. The number of halogens is 2. The first-order chi connectivity index (χ1) is 18.8. The van der Waals surface area contributed by atoms with Gasteiger partial charge in [-0.1, -0.05) is 33.8 Å². The monoisotopic (exact) mass is 534 g/mol. The van der Waals surface area contributed by atoms with Gasteiger partial charge < -0.3 is 10.2 Å². The van der Waals surface area contributed by atoms with Gasteiger partial charge in [0, 0.05) is 62.0 Å². The van der Waals surface area contributed by atoms with Gasteiger partial charge in [-0.25, -0.2) is 23.7 Å². The number of hydrogen-bond donors (Lipinski definition) is 1. The molecular weight excluding hydrogens is 498 g/mol. The van der Waals surface area contributed by atoms with Crippen LogP contribution in [-0.2, 0) is 20.0 Å². The molecule has 4 aromatic rings. The number of nitrogens with zero attached hydrogens (tertiary/aromatic N) is 7. The van der Waals surface area contributed by atoms with Gasteiger partial charge in [0.25, 0.3) is 0 Å². The molecule has 10 heteroatoms. The lowest BCUT2D eigenvalue weighted by Gasteiger charge is -2.30. The van der Waals surface area contributed by atoms with E-state index in [1.165, 1.54) is 11.6 Å². The Hall–Kier alpha value is -3.50. The van der Waals surface area contributed by atoms with Crippen LogP contribution in [0.15, 0.2) is 30.5 Å². The van der Waals surface area contributed by atoms with E-state index in [9.17, 15) is 4.39 Å². The average molecular weight is 535 g/mol. The first kappa shape index (κ1) is 27.1. The van der Waals surface area contributed by atoms with Gasteiger partial charge in [0.1, 0.15) is 17.0 Å². The number of benzene rings is 1. The number of nitrogens with one attached hydrogen (secondary N) is 1. The molecule has 1 aliphatic rings. The summed E-state index contributed by atoms with van der Waals surface area (Å²) in [5, 5.41) is 8.08.